The van der Waals surface area contributed by atoms with Gasteiger partial charge in [-0.15, -0.1) is 0 Å². The number of nitrogens with zero attached hydrogens (tertiary/aromatic N) is 3. The molecule has 0 spiro atoms. The van der Waals surface area contributed by atoms with Crippen LogP contribution in [0.15, 0.2) is 12.3 Å². The van der Waals surface area contributed by atoms with E-state index in [1.807, 2.05) is 20.0 Å². The lowest BCUT2D eigenvalue weighted by Crippen LogP contribution is -2.68. The Bertz CT molecular complexity index is 536. The van der Waals surface area contributed by atoms with Gasteiger partial charge in [0, 0.05) is 31.9 Å². The molecule has 1 saturated heterocycles. The van der Waals surface area contributed by atoms with Crippen molar-refractivity contribution in [2.24, 2.45) is 7.05 Å². The summed E-state index contributed by atoms with van der Waals surface area (Å²) in [5, 5.41) is 6.97. The number of hydrogen-bond donors (Lipinski definition) is 1. The molecule has 116 valence electrons. The molecule has 6 nitrogen and oxygen atoms in total. The van der Waals surface area contributed by atoms with Crippen LogP contribution in [0.3, 0.4) is 0 Å². The van der Waals surface area contributed by atoms with Gasteiger partial charge in [-0.3, -0.25) is 14.3 Å². The van der Waals surface area contributed by atoms with Crippen molar-refractivity contribution in [3.8, 4) is 0 Å². The number of hydrogen-bond acceptors (Lipinski definition) is 3. The molecular formula is C15H24N4O2. The van der Waals surface area contributed by atoms with E-state index in [0.29, 0.717) is 19.4 Å². The molecule has 2 amide bonds. The molecule has 1 fully saturated rings. The van der Waals surface area contributed by atoms with Crippen LogP contribution in [0.5, 0.6) is 0 Å². The highest BCUT2D eigenvalue weighted by molar-refractivity contribution is 5.99. The minimum absolute atomic E-state index is 0.0172. The van der Waals surface area contributed by atoms with Crippen LogP contribution in [0.25, 0.3) is 0 Å². The first kappa shape index (κ1) is 15.5. The number of piperazine rings is 1. The van der Waals surface area contributed by atoms with Gasteiger partial charge in [0.2, 0.25) is 11.8 Å². The monoisotopic (exact) mass is 292 g/mol. The summed E-state index contributed by atoms with van der Waals surface area (Å²) >= 11 is 0. The first-order valence-corrected chi connectivity index (χ1v) is 7.47. The normalized spacial score (nSPS) is 21.5. The average molecular weight is 292 g/mol. The van der Waals surface area contributed by atoms with Gasteiger partial charge in [-0.05, 0) is 26.3 Å². The minimum atomic E-state index is -0.806. The fraction of sp³-hybridized carbons (Fsp3) is 0.667. The standard InChI is InChI=1S/C15H24N4O2/c1-5-6-12-13(20)19(15(2,3)14(21)17-12)10-8-11-7-9-16-18(11)4/h7,9,12H,5-6,8,10H2,1-4H3,(H,17,21). The van der Waals surface area contributed by atoms with Crippen LogP contribution in [0, 0.1) is 0 Å². The fourth-order valence-electron chi connectivity index (χ4n) is 2.73. The van der Waals surface area contributed by atoms with E-state index in [1.165, 1.54) is 0 Å². The van der Waals surface area contributed by atoms with E-state index in [1.54, 1.807) is 29.6 Å². The van der Waals surface area contributed by atoms with Gasteiger partial charge in [0.25, 0.3) is 0 Å². The zero-order valence-electron chi connectivity index (χ0n) is 13.2. The van der Waals surface area contributed by atoms with Crippen molar-refractivity contribution in [1.82, 2.24) is 20.0 Å². The van der Waals surface area contributed by atoms with Crippen LogP contribution in [0.2, 0.25) is 0 Å². The highest BCUT2D eigenvalue weighted by Crippen LogP contribution is 2.23. The van der Waals surface area contributed by atoms with E-state index in [2.05, 4.69) is 10.4 Å². The molecule has 0 aromatic carbocycles. The summed E-state index contributed by atoms with van der Waals surface area (Å²) in [6, 6.07) is 1.55. The van der Waals surface area contributed by atoms with Crippen molar-refractivity contribution < 1.29 is 9.59 Å². The van der Waals surface area contributed by atoms with Crippen LogP contribution in [-0.2, 0) is 23.1 Å². The SMILES string of the molecule is CCCC1NC(=O)C(C)(C)N(CCc2ccnn2C)C1=O. The Hall–Kier alpha value is -1.85. The van der Waals surface area contributed by atoms with Crippen LogP contribution < -0.4 is 5.32 Å². The minimum Gasteiger partial charge on any atom is -0.342 e. The number of nitrogens with one attached hydrogen (secondary N) is 1. The third-order valence-electron chi connectivity index (χ3n) is 4.19. The lowest BCUT2D eigenvalue weighted by molar-refractivity contribution is -0.155. The molecule has 0 saturated carbocycles. The Balaban J connectivity index is 2.14. The van der Waals surface area contributed by atoms with Gasteiger partial charge >= 0.3 is 0 Å². The molecule has 1 aliphatic rings. The Morgan fingerprint density at radius 1 is 1.38 bits per heavy atom. The molecule has 1 aromatic rings. The quantitative estimate of drug-likeness (QED) is 0.875. The van der Waals surface area contributed by atoms with E-state index in [9.17, 15) is 9.59 Å². The largest absolute Gasteiger partial charge is 0.342 e. The summed E-state index contributed by atoms with van der Waals surface area (Å²) in [6.07, 6.45) is 3.98. The van der Waals surface area contributed by atoms with Crippen molar-refractivity contribution in [2.75, 3.05) is 6.54 Å². The van der Waals surface area contributed by atoms with Gasteiger partial charge in [0.15, 0.2) is 0 Å². The molecule has 1 atom stereocenters. The van der Waals surface area contributed by atoms with Gasteiger partial charge in [-0.2, -0.15) is 5.10 Å². The van der Waals surface area contributed by atoms with E-state index < -0.39 is 5.54 Å². The number of carbonyl (C=O) groups is 2. The molecule has 1 aliphatic heterocycles. The summed E-state index contributed by atoms with van der Waals surface area (Å²) in [5.74, 6) is -0.0609. The third kappa shape index (κ3) is 2.94. The van der Waals surface area contributed by atoms with Gasteiger partial charge in [-0.25, -0.2) is 0 Å². The van der Waals surface area contributed by atoms with Crippen LogP contribution in [0.4, 0.5) is 0 Å². The van der Waals surface area contributed by atoms with E-state index in [4.69, 9.17) is 0 Å². The zero-order chi connectivity index (χ0) is 15.6. The van der Waals surface area contributed by atoms with Crippen molar-refractivity contribution in [3.63, 3.8) is 0 Å². The maximum atomic E-state index is 12.6. The molecule has 0 bridgehead atoms. The van der Waals surface area contributed by atoms with Crippen molar-refractivity contribution in [2.45, 2.75) is 51.6 Å². The summed E-state index contributed by atoms with van der Waals surface area (Å²) in [5.41, 5.74) is 0.247. The molecule has 2 rings (SSSR count). The van der Waals surface area contributed by atoms with Crippen LogP contribution in [0.1, 0.15) is 39.3 Å². The highest BCUT2D eigenvalue weighted by Gasteiger charge is 2.45. The second-order valence-electron chi connectivity index (χ2n) is 6.06. The third-order valence-corrected chi connectivity index (χ3v) is 4.19. The Labute approximate surface area is 125 Å². The Morgan fingerprint density at radius 3 is 2.67 bits per heavy atom. The molecule has 1 N–H and O–H groups in total. The van der Waals surface area contributed by atoms with Gasteiger partial charge < -0.3 is 10.2 Å². The van der Waals surface area contributed by atoms with Crippen LogP contribution in [-0.4, -0.2) is 44.6 Å². The predicted octanol–water partition coefficient (Wildman–Crippen LogP) is 0.868. The number of aryl methyl sites for hydroxylation is 1. The molecule has 2 heterocycles. The summed E-state index contributed by atoms with van der Waals surface area (Å²) < 4.78 is 1.80. The van der Waals surface area contributed by atoms with E-state index in [-0.39, 0.29) is 17.9 Å². The van der Waals surface area contributed by atoms with E-state index in [0.717, 1.165) is 12.1 Å². The highest BCUT2D eigenvalue weighted by atomic mass is 16.2. The average Bonchev–Trinajstić information content (AvgIpc) is 2.82. The summed E-state index contributed by atoms with van der Waals surface area (Å²) in [7, 11) is 1.88. The predicted molar refractivity (Wildman–Crippen MR) is 79.5 cm³/mol. The molecule has 6 heteroatoms. The Kier molecular flexibility index (Phi) is 4.34. The summed E-state index contributed by atoms with van der Waals surface area (Å²) in [4.78, 5) is 26.6. The number of carbonyl (C=O) groups excluding carboxylic acids is 2. The molecule has 1 unspecified atom stereocenters. The molecule has 0 radical (unpaired) electrons. The fourth-order valence-corrected chi connectivity index (χ4v) is 2.73. The second-order valence-corrected chi connectivity index (χ2v) is 6.06. The lowest BCUT2D eigenvalue weighted by atomic mass is 9.93. The van der Waals surface area contributed by atoms with E-state index >= 15 is 0 Å². The maximum Gasteiger partial charge on any atom is 0.246 e. The maximum absolute atomic E-state index is 12.6. The van der Waals surface area contributed by atoms with Crippen LogP contribution >= 0.6 is 0 Å². The molecular weight excluding hydrogens is 268 g/mol. The lowest BCUT2D eigenvalue weighted by Gasteiger charge is -2.44. The summed E-state index contributed by atoms with van der Waals surface area (Å²) in [6.45, 7) is 6.13. The molecule has 21 heavy (non-hydrogen) atoms. The molecule has 1 aromatic heterocycles. The van der Waals surface area contributed by atoms with Gasteiger partial charge in [0.1, 0.15) is 11.6 Å². The second kappa shape index (κ2) is 5.87. The smallest absolute Gasteiger partial charge is 0.246 e. The van der Waals surface area contributed by atoms with Gasteiger partial charge in [-0.1, -0.05) is 13.3 Å². The van der Waals surface area contributed by atoms with Crippen molar-refractivity contribution >= 4 is 11.8 Å². The number of rotatable bonds is 5. The van der Waals surface area contributed by atoms with Crippen molar-refractivity contribution in [1.29, 1.82) is 0 Å². The Morgan fingerprint density at radius 2 is 2.10 bits per heavy atom. The topological polar surface area (TPSA) is 67.2 Å². The first-order chi connectivity index (χ1) is 9.87. The van der Waals surface area contributed by atoms with Crippen molar-refractivity contribution in [3.05, 3.63) is 18.0 Å². The number of aromatic nitrogens is 2. The zero-order valence-corrected chi connectivity index (χ0v) is 13.2. The van der Waals surface area contributed by atoms with Gasteiger partial charge in [0.05, 0.1) is 0 Å². The number of amides is 2. The first-order valence-electron chi connectivity index (χ1n) is 7.47. The molecule has 0 aliphatic carbocycles.